The number of rotatable bonds is 2. The van der Waals surface area contributed by atoms with Gasteiger partial charge in [-0.2, -0.15) is 0 Å². The highest BCUT2D eigenvalue weighted by Gasteiger charge is 2.07. The summed E-state index contributed by atoms with van der Waals surface area (Å²) in [7, 11) is 0. The highest BCUT2D eigenvalue weighted by atomic mass is 35.5. The quantitative estimate of drug-likeness (QED) is 0.562. The number of carbonyl (C=O) groups is 1. The Bertz CT molecular complexity index is 312. The van der Waals surface area contributed by atoms with Gasteiger partial charge in [-0.15, -0.1) is 11.8 Å². The van der Waals surface area contributed by atoms with Gasteiger partial charge in [0.05, 0.1) is 0 Å². The Kier molecular flexibility index (Phi) is 3.44. The zero-order chi connectivity index (χ0) is 9.14. The Hall–Kier alpha value is -0.180. The molecular formula is C8H6Cl2OS. The number of carbonyl (C=O) groups excluding carboxylic acids is 1. The van der Waals surface area contributed by atoms with Crippen LogP contribution in [0, 0.1) is 0 Å². The Balaban J connectivity index is 3.20. The lowest BCUT2D eigenvalue weighted by molar-refractivity contribution is 0.107. The summed E-state index contributed by atoms with van der Waals surface area (Å²) in [4.78, 5) is 11.7. The van der Waals surface area contributed by atoms with E-state index < -0.39 is 5.24 Å². The van der Waals surface area contributed by atoms with E-state index in [1.807, 2.05) is 6.26 Å². The average molecular weight is 221 g/mol. The minimum absolute atomic E-state index is 0.448. The molecular weight excluding hydrogens is 215 g/mol. The van der Waals surface area contributed by atoms with E-state index in [2.05, 4.69) is 0 Å². The van der Waals surface area contributed by atoms with Crippen molar-refractivity contribution < 1.29 is 4.79 Å². The first-order valence-electron chi connectivity index (χ1n) is 3.18. The van der Waals surface area contributed by atoms with Gasteiger partial charge in [0.25, 0.3) is 5.24 Å². The van der Waals surface area contributed by atoms with Crippen LogP contribution >= 0.6 is 35.0 Å². The van der Waals surface area contributed by atoms with E-state index in [-0.39, 0.29) is 0 Å². The van der Waals surface area contributed by atoms with Gasteiger partial charge in [-0.05, 0) is 36.1 Å². The molecule has 0 heterocycles. The summed E-state index contributed by atoms with van der Waals surface area (Å²) in [6.45, 7) is 0. The Morgan fingerprint density at radius 3 is 2.67 bits per heavy atom. The van der Waals surface area contributed by atoms with Crippen molar-refractivity contribution in [1.82, 2.24) is 0 Å². The summed E-state index contributed by atoms with van der Waals surface area (Å²) < 4.78 is 0. The summed E-state index contributed by atoms with van der Waals surface area (Å²) in [6.07, 6.45) is 1.87. The first-order valence-corrected chi connectivity index (χ1v) is 5.16. The van der Waals surface area contributed by atoms with Crippen LogP contribution in [0.15, 0.2) is 23.1 Å². The van der Waals surface area contributed by atoms with Crippen LogP contribution in [0.3, 0.4) is 0 Å². The molecule has 4 heteroatoms. The lowest BCUT2D eigenvalue weighted by Gasteiger charge is -2.01. The number of halogens is 2. The molecule has 1 aromatic carbocycles. The lowest BCUT2D eigenvalue weighted by Crippen LogP contribution is -1.91. The zero-order valence-corrected chi connectivity index (χ0v) is 8.63. The van der Waals surface area contributed by atoms with E-state index in [1.54, 1.807) is 18.2 Å². The van der Waals surface area contributed by atoms with Crippen LogP contribution in [0.2, 0.25) is 5.02 Å². The van der Waals surface area contributed by atoms with Gasteiger partial charge in [0, 0.05) is 15.5 Å². The highest BCUT2D eigenvalue weighted by Crippen LogP contribution is 2.25. The Morgan fingerprint density at radius 2 is 2.17 bits per heavy atom. The second-order valence-corrected chi connectivity index (χ2v) is 3.75. The van der Waals surface area contributed by atoms with Gasteiger partial charge in [-0.25, -0.2) is 0 Å². The smallest absolute Gasteiger partial charge is 0.253 e. The van der Waals surface area contributed by atoms with Crippen molar-refractivity contribution in [1.29, 1.82) is 0 Å². The van der Waals surface area contributed by atoms with Crippen LogP contribution in [-0.4, -0.2) is 11.5 Å². The summed E-state index contributed by atoms with van der Waals surface area (Å²) >= 11 is 12.5. The van der Waals surface area contributed by atoms with Crippen LogP contribution < -0.4 is 0 Å². The second-order valence-electron chi connectivity index (χ2n) is 2.12. The molecule has 0 amide bonds. The van der Waals surface area contributed by atoms with E-state index in [0.717, 1.165) is 4.90 Å². The Morgan fingerprint density at radius 1 is 1.50 bits per heavy atom. The van der Waals surface area contributed by atoms with Gasteiger partial charge < -0.3 is 0 Å². The molecule has 1 rings (SSSR count). The van der Waals surface area contributed by atoms with Gasteiger partial charge in [-0.1, -0.05) is 11.6 Å². The van der Waals surface area contributed by atoms with E-state index in [9.17, 15) is 4.79 Å². The standard InChI is InChI=1S/C8H6Cl2OS/c1-12-7-4-5(9)2-3-6(7)8(10)11/h2-4H,1H3. The maximum atomic E-state index is 10.8. The number of thioether (sulfide) groups is 1. The molecule has 1 nitrogen and oxygen atoms in total. The fourth-order valence-electron chi connectivity index (χ4n) is 0.827. The molecule has 0 unspecified atom stereocenters. The molecule has 0 aromatic heterocycles. The molecule has 0 saturated carbocycles. The largest absolute Gasteiger partial charge is 0.276 e. The molecule has 0 bridgehead atoms. The Labute approximate surface area is 85.1 Å². The van der Waals surface area contributed by atoms with Crippen LogP contribution in [-0.2, 0) is 0 Å². The summed E-state index contributed by atoms with van der Waals surface area (Å²) in [6, 6.07) is 5.00. The maximum absolute atomic E-state index is 10.8. The fourth-order valence-corrected chi connectivity index (χ4v) is 1.91. The number of hydrogen-bond donors (Lipinski definition) is 0. The molecule has 0 aliphatic carbocycles. The minimum atomic E-state index is -0.448. The van der Waals surface area contributed by atoms with E-state index in [0.29, 0.717) is 10.6 Å². The van der Waals surface area contributed by atoms with Gasteiger partial charge in [-0.3, -0.25) is 4.79 Å². The first-order chi connectivity index (χ1) is 5.65. The van der Waals surface area contributed by atoms with Crippen molar-refractivity contribution in [2.24, 2.45) is 0 Å². The van der Waals surface area contributed by atoms with Crippen LogP contribution in [0.4, 0.5) is 0 Å². The van der Waals surface area contributed by atoms with Gasteiger partial charge >= 0.3 is 0 Å². The molecule has 0 N–H and O–H groups in total. The number of benzene rings is 1. The average Bonchev–Trinajstić information content (AvgIpc) is 2.03. The summed E-state index contributed by atoms with van der Waals surface area (Å²) in [5.41, 5.74) is 0.508. The summed E-state index contributed by atoms with van der Waals surface area (Å²) in [5, 5.41) is 0.164. The van der Waals surface area contributed by atoms with Crippen molar-refractivity contribution in [2.75, 3.05) is 6.26 Å². The second kappa shape index (κ2) is 4.17. The molecule has 0 saturated heterocycles. The SMILES string of the molecule is CSc1cc(Cl)ccc1C(=O)Cl. The van der Waals surface area contributed by atoms with Crippen molar-refractivity contribution in [3.8, 4) is 0 Å². The number of hydrogen-bond acceptors (Lipinski definition) is 2. The third kappa shape index (κ3) is 2.16. The molecule has 0 spiro atoms. The van der Waals surface area contributed by atoms with Crippen LogP contribution in [0.25, 0.3) is 0 Å². The molecule has 0 aliphatic rings. The van der Waals surface area contributed by atoms with Crippen LogP contribution in [0.1, 0.15) is 10.4 Å². The molecule has 0 atom stereocenters. The van der Waals surface area contributed by atoms with E-state index in [1.165, 1.54) is 11.8 Å². The lowest BCUT2D eigenvalue weighted by atomic mass is 10.2. The van der Waals surface area contributed by atoms with Crippen molar-refractivity contribution in [2.45, 2.75) is 4.90 Å². The van der Waals surface area contributed by atoms with Crippen LogP contribution in [0.5, 0.6) is 0 Å². The van der Waals surface area contributed by atoms with E-state index in [4.69, 9.17) is 23.2 Å². The predicted molar refractivity (Wildman–Crippen MR) is 53.4 cm³/mol. The third-order valence-electron chi connectivity index (χ3n) is 1.38. The van der Waals surface area contributed by atoms with Crippen molar-refractivity contribution >= 4 is 40.2 Å². The van der Waals surface area contributed by atoms with E-state index >= 15 is 0 Å². The highest BCUT2D eigenvalue weighted by molar-refractivity contribution is 7.98. The summed E-state index contributed by atoms with van der Waals surface area (Å²) in [5.74, 6) is 0. The van der Waals surface area contributed by atoms with Gasteiger partial charge in [0.1, 0.15) is 0 Å². The molecule has 0 aliphatic heterocycles. The molecule has 1 aromatic rings. The maximum Gasteiger partial charge on any atom is 0.253 e. The molecule has 12 heavy (non-hydrogen) atoms. The van der Waals surface area contributed by atoms with Gasteiger partial charge in [0.15, 0.2) is 0 Å². The van der Waals surface area contributed by atoms with Crippen molar-refractivity contribution in [3.63, 3.8) is 0 Å². The monoisotopic (exact) mass is 220 g/mol. The third-order valence-corrected chi connectivity index (χ3v) is 2.59. The zero-order valence-electron chi connectivity index (χ0n) is 6.30. The predicted octanol–water partition coefficient (Wildman–Crippen LogP) is 3.44. The van der Waals surface area contributed by atoms with Gasteiger partial charge in [0.2, 0.25) is 0 Å². The molecule has 0 radical (unpaired) electrons. The molecule has 64 valence electrons. The van der Waals surface area contributed by atoms with Crippen molar-refractivity contribution in [3.05, 3.63) is 28.8 Å². The topological polar surface area (TPSA) is 17.1 Å². The molecule has 0 fully saturated rings. The first kappa shape index (κ1) is 9.90. The normalized spacial score (nSPS) is 9.92. The minimum Gasteiger partial charge on any atom is -0.276 e. The fraction of sp³-hybridized carbons (Fsp3) is 0.125.